The maximum Gasteiger partial charge on any atom is 0.293 e. The highest BCUT2D eigenvalue weighted by atomic mass is 32.2. The van der Waals surface area contributed by atoms with Crippen molar-refractivity contribution in [2.75, 3.05) is 14.2 Å². The van der Waals surface area contributed by atoms with E-state index in [0.717, 1.165) is 16.7 Å². The molecule has 1 aromatic carbocycles. The summed E-state index contributed by atoms with van der Waals surface area (Å²) in [5.41, 5.74) is 0.128. The van der Waals surface area contributed by atoms with Gasteiger partial charge in [0.2, 0.25) is 0 Å². The SMILES string of the molecule is COc1ccc(-c2ccc(/C=C3/SC(=O)N(C)C3=O)o2)c([N+](=O)[O-])c1. The van der Waals surface area contributed by atoms with E-state index >= 15 is 0 Å². The van der Waals surface area contributed by atoms with E-state index in [1.54, 1.807) is 18.2 Å². The first-order valence-corrected chi connectivity index (χ1v) is 7.86. The number of hydrogen-bond acceptors (Lipinski definition) is 7. The molecule has 2 aromatic rings. The van der Waals surface area contributed by atoms with Crippen molar-refractivity contribution in [2.45, 2.75) is 0 Å². The van der Waals surface area contributed by atoms with Gasteiger partial charge in [-0.25, -0.2) is 0 Å². The Labute approximate surface area is 146 Å². The quantitative estimate of drug-likeness (QED) is 0.467. The summed E-state index contributed by atoms with van der Waals surface area (Å²) in [4.78, 5) is 35.4. The van der Waals surface area contributed by atoms with Gasteiger partial charge in [0.05, 0.1) is 28.6 Å². The Morgan fingerprint density at radius 2 is 2.04 bits per heavy atom. The molecule has 0 atom stereocenters. The minimum Gasteiger partial charge on any atom is -0.497 e. The summed E-state index contributed by atoms with van der Waals surface area (Å²) in [6, 6.07) is 7.57. The Kier molecular flexibility index (Phi) is 4.32. The number of rotatable bonds is 4. The van der Waals surface area contributed by atoms with E-state index < -0.39 is 10.8 Å². The zero-order valence-corrected chi connectivity index (χ0v) is 14.0. The van der Waals surface area contributed by atoms with Crippen LogP contribution < -0.4 is 4.74 Å². The van der Waals surface area contributed by atoms with Crippen molar-refractivity contribution in [1.82, 2.24) is 4.90 Å². The molecule has 25 heavy (non-hydrogen) atoms. The first-order chi connectivity index (χ1) is 11.9. The predicted octanol–water partition coefficient (Wildman–Crippen LogP) is 3.53. The van der Waals surface area contributed by atoms with Crippen LogP contribution in [0.25, 0.3) is 17.4 Å². The van der Waals surface area contributed by atoms with E-state index in [9.17, 15) is 19.7 Å². The molecule has 1 aliphatic rings. The van der Waals surface area contributed by atoms with Gasteiger partial charge in [0.1, 0.15) is 17.3 Å². The van der Waals surface area contributed by atoms with Gasteiger partial charge in [0, 0.05) is 13.1 Å². The van der Waals surface area contributed by atoms with Crippen LogP contribution in [0.1, 0.15) is 5.76 Å². The highest BCUT2D eigenvalue weighted by Gasteiger charge is 2.32. The normalized spacial score (nSPS) is 15.9. The molecule has 1 aliphatic heterocycles. The number of likely N-dealkylation sites (N-methyl/N-ethyl adjacent to an activating group) is 1. The Morgan fingerprint density at radius 3 is 2.64 bits per heavy atom. The van der Waals surface area contributed by atoms with Crippen molar-refractivity contribution in [3.63, 3.8) is 0 Å². The molecular weight excluding hydrogens is 348 g/mol. The third-order valence-corrected chi connectivity index (χ3v) is 4.51. The molecule has 0 aliphatic carbocycles. The summed E-state index contributed by atoms with van der Waals surface area (Å²) in [6.07, 6.45) is 1.44. The van der Waals surface area contributed by atoms with Crippen LogP contribution in [0.5, 0.6) is 5.75 Å². The number of thioether (sulfide) groups is 1. The molecule has 0 unspecified atom stereocenters. The minimum atomic E-state index is -0.525. The van der Waals surface area contributed by atoms with E-state index in [1.165, 1.54) is 32.4 Å². The van der Waals surface area contributed by atoms with Gasteiger partial charge in [0.15, 0.2) is 0 Å². The van der Waals surface area contributed by atoms with Gasteiger partial charge in [-0.2, -0.15) is 0 Å². The molecule has 0 radical (unpaired) electrons. The molecule has 128 valence electrons. The van der Waals surface area contributed by atoms with Crippen molar-refractivity contribution < 1.29 is 23.7 Å². The summed E-state index contributed by atoms with van der Waals surface area (Å²) in [5, 5.41) is 10.9. The van der Waals surface area contributed by atoms with Crippen molar-refractivity contribution in [3.05, 3.63) is 51.1 Å². The Balaban J connectivity index is 1.96. The molecule has 0 spiro atoms. The number of methoxy groups -OCH3 is 1. The summed E-state index contributed by atoms with van der Waals surface area (Å²) in [6.45, 7) is 0. The lowest BCUT2D eigenvalue weighted by atomic mass is 10.1. The van der Waals surface area contributed by atoms with E-state index in [1.807, 2.05) is 0 Å². The van der Waals surface area contributed by atoms with Crippen LogP contribution in [0, 0.1) is 10.1 Å². The lowest BCUT2D eigenvalue weighted by molar-refractivity contribution is -0.384. The Bertz CT molecular complexity index is 917. The van der Waals surface area contributed by atoms with Crippen molar-refractivity contribution in [3.8, 4) is 17.1 Å². The first kappa shape index (κ1) is 16.8. The average Bonchev–Trinajstić information content (AvgIpc) is 3.15. The first-order valence-electron chi connectivity index (χ1n) is 7.05. The molecule has 2 amide bonds. The second-order valence-corrected chi connectivity index (χ2v) is 6.08. The second kappa shape index (κ2) is 6.44. The van der Waals surface area contributed by atoms with Crippen LogP contribution in [-0.2, 0) is 4.79 Å². The highest BCUT2D eigenvalue weighted by Crippen LogP contribution is 2.36. The average molecular weight is 360 g/mol. The number of nitro groups is 1. The van der Waals surface area contributed by atoms with Crippen LogP contribution in [0.2, 0.25) is 0 Å². The number of furan rings is 1. The third kappa shape index (κ3) is 3.13. The molecule has 0 bridgehead atoms. The molecule has 0 N–H and O–H groups in total. The van der Waals surface area contributed by atoms with Gasteiger partial charge in [0.25, 0.3) is 16.8 Å². The second-order valence-electron chi connectivity index (χ2n) is 5.08. The highest BCUT2D eigenvalue weighted by molar-refractivity contribution is 8.18. The molecule has 3 rings (SSSR count). The van der Waals surface area contributed by atoms with Gasteiger partial charge < -0.3 is 9.15 Å². The summed E-state index contributed by atoms with van der Waals surface area (Å²) >= 11 is 0.808. The Morgan fingerprint density at radius 1 is 1.28 bits per heavy atom. The molecule has 8 nitrogen and oxygen atoms in total. The van der Waals surface area contributed by atoms with E-state index in [4.69, 9.17) is 9.15 Å². The largest absolute Gasteiger partial charge is 0.497 e. The van der Waals surface area contributed by atoms with E-state index in [2.05, 4.69) is 0 Å². The number of nitro benzene ring substituents is 1. The molecule has 1 fully saturated rings. The molecule has 1 aromatic heterocycles. The fraction of sp³-hybridized carbons (Fsp3) is 0.125. The van der Waals surface area contributed by atoms with Crippen LogP contribution >= 0.6 is 11.8 Å². The summed E-state index contributed by atoms with van der Waals surface area (Å²) < 4.78 is 10.6. The molecular formula is C16H12N2O6S. The third-order valence-electron chi connectivity index (χ3n) is 3.55. The fourth-order valence-electron chi connectivity index (χ4n) is 2.25. The zero-order chi connectivity index (χ0) is 18.1. The van der Waals surface area contributed by atoms with Gasteiger partial charge >= 0.3 is 0 Å². The molecule has 2 heterocycles. The number of carbonyl (C=O) groups excluding carboxylic acids is 2. The number of nitrogens with zero attached hydrogens (tertiary/aromatic N) is 2. The molecule has 1 saturated heterocycles. The number of amides is 2. The number of benzene rings is 1. The smallest absolute Gasteiger partial charge is 0.293 e. The summed E-state index contributed by atoms with van der Waals surface area (Å²) in [7, 11) is 2.82. The van der Waals surface area contributed by atoms with Crippen molar-refractivity contribution in [1.29, 1.82) is 0 Å². The lowest BCUT2D eigenvalue weighted by Gasteiger charge is -2.03. The van der Waals surface area contributed by atoms with Crippen molar-refractivity contribution in [2.24, 2.45) is 0 Å². The molecule has 9 heteroatoms. The topological polar surface area (TPSA) is 103 Å². The fourth-order valence-corrected chi connectivity index (χ4v) is 3.06. The standard InChI is InChI=1S/C16H12N2O6S/c1-17-15(19)14(25-16(17)20)8-10-4-6-13(24-10)11-5-3-9(23-2)7-12(11)18(21)22/h3-8H,1-2H3/b14-8+. The van der Waals surface area contributed by atoms with Crippen LogP contribution in [-0.4, -0.2) is 35.1 Å². The molecule has 0 saturated carbocycles. The number of ether oxygens (including phenoxy) is 1. The van der Waals surface area contributed by atoms with Gasteiger partial charge in [-0.3, -0.25) is 24.6 Å². The van der Waals surface area contributed by atoms with Crippen LogP contribution in [0.4, 0.5) is 10.5 Å². The zero-order valence-electron chi connectivity index (χ0n) is 13.2. The summed E-state index contributed by atoms with van der Waals surface area (Å²) in [5.74, 6) is 0.539. The number of hydrogen-bond donors (Lipinski definition) is 0. The van der Waals surface area contributed by atoms with Crippen molar-refractivity contribution >= 4 is 34.7 Å². The monoisotopic (exact) mass is 360 g/mol. The predicted molar refractivity (Wildman–Crippen MR) is 91.1 cm³/mol. The number of imide groups is 1. The van der Waals surface area contributed by atoms with Crippen LogP contribution in [0.3, 0.4) is 0 Å². The van der Waals surface area contributed by atoms with Gasteiger partial charge in [-0.1, -0.05) is 0 Å². The van der Waals surface area contributed by atoms with Gasteiger partial charge in [-0.15, -0.1) is 0 Å². The number of carbonyl (C=O) groups is 2. The van der Waals surface area contributed by atoms with E-state index in [-0.39, 0.29) is 27.2 Å². The van der Waals surface area contributed by atoms with Crippen LogP contribution in [0.15, 0.2) is 39.7 Å². The van der Waals surface area contributed by atoms with Gasteiger partial charge in [-0.05, 0) is 36.0 Å². The lowest BCUT2D eigenvalue weighted by Crippen LogP contribution is -2.22. The Hall–Kier alpha value is -3.07. The maximum absolute atomic E-state index is 11.9. The maximum atomic E-state index is 11.9. The van der Waals surface area contributed by atoms with E-state index in [0.29, 0.717) is 11.5 Å². The minimum absolute atomic E-state index is 0.158.